The topological polar surface area (TPSA) is 44.8 Å². The van der Waals surface area contributed by atoms with Crippen LogP contribution in [0.2, 0.25) is 0 Å². The van der Waals surface area contributed by atoms with Gasteiger partial charge in [0.25, 0.3) is 0 Å². The third kappa shape index (κ3) is 3.14. The van der Waals surface area contributed by atoms with Gasteiger partial charge in [0, 0.05) is 7.11 Å². The summed E-state index contributed by atoms with van der Waals surface area (Å²) in [6, 6.07) is 8.85. The Morgan fingerprint density at radius 1 is 1.29 bits per heavy atom. The quantitative estimate of drug-likeness (QED) is 0.431. The van der Waals surface area contributed by atoms with Crippen LogP contribution < -0.4 is 4.89 Å². The Kier molecular flexibility index (Phi) is 4.14. The minimum absolute atomic E-state index is 0.274. The van der Waals surface area contributed by atoms with Crippen molar-refractivity contribution in [2.75, 3.05) is 13.3 Å². The third-order valence-electron chi connectivity index (χ3n) is 1.66. The first-order chi connectivity index (χ1) is 6.70. The maximum absolute atomic E-state index is 11.6. The molecule has 0 bridgehead atoms. The average molecular weight is 216 g/mol. The van der Waals surface area contributed by atoms with Gasteiger partial charge in [-0.2, -0.15) is 0 Å². The summed E-state index contributed by atoms with van der Waals surface area (Å²) in [4.78, 5) is 4.86. The lowest BCUT2D eigenvalue weighted by Crippen LogP contribution is -1.99. The highest BCUT2D eigenvalue weighted by atomic mass is 31.2. The van der Waals surface area contributed by atoms with Gasteiger partial charge in [0.15, 0.2) is 5.75 Å². The number of benzene rings is 1. The Morgan fingerprint density at radius 2 is 1.93 bits per heavy atom. The van der Waals surface area contributed by atoms with Crippen LogP contribution in [-0.2, 0) is 13.8 Å². The van der Waals surface area contributed by atoms with Gasteiger partial charge in [0.1, 0.15) is 0 Å². The first-order valence-electron chi connectivity index (χ1n) is 4.26. The largest absolute Gasteiger partial charge is 0.368 e. The van der Waals surface area contributed by atoms with Crippen LogP contribution in [0.15, 0.2) is 30.3 Å². The normalized spacial score (nSPS) is 14.7. The van der Waals surface area contributed by atoms with Gasteiger partial charge in [-0.05, 0) is 12.1 Å². The zero-order valence-electron chi connectivity index (χ0n) is 8.17. The molecule has 0 aliphatic rings. The molecule has 0 spiro atoms. The highest BCUT2D eigenvalue weighted by Crippen LogP contribution is 2.46. The van der Waals surface area contributed by atoms with E-state index >= 15 is 0 Å². The van der Waals surface area contributed by atoms with Crippen molar-refractivity contribution in [3.63, 3.8) is 0 Å². The molecule has 4 nitrogen and oxygen atoms in total. The second-order valence-electron chi connectivity index (χ2n) is 2.58. The first kappa shape index (κ1) is 11.2. The van der Waals surface area contributed by atoms with Crippen LogP contribution in [0.3, 0.4) is 0 Å². The molecule has 0 heterocycles. The highest BCUT2D eigenvalue weighted by molar-refractivity contribution is 7.53. The lowest BCUT2D eigenvalue weighted by atomic mass is 10.3. The zero-order valence-corrected chi connectivity index (χ0v) is 9.07. The van der Waals surface area contributed by atoms with Crippen LogP contribution in [0.5, 0.6) is 5.75 Å². The molecule has 0 saturated carbocycles. The second-order valence-corrected chi connectivity index (χ2v) is 4.95. The van der Waals surface area contributed by atoms with E-state index in [9.17, 15) is 4.57 Å². The highest BCUT2D eigenvalue weighted by Gasteiger charge is 2.22. The summed E-state index contributed by atoms with van der Waals surface area (Å²) >= 11 is 0. The molecule has 1 rings (SSSR count). The fourth-order valence-electron chi connectivity index (χ4n) is 0.788. The van der Waals surface area contributed by atoms with E-state index in [0.29, 0.717) is 5.75 Å². The molecule has 1 aromatic rings. The Labute approximate surface area is 83.3 Å². The summed E-state index contributed by atoms with van der Waals surface area (Å²) in [5.74, 6) is 0.498. The Hall–Kier alpha value is -0.830. The van der Waals surface area contributed by atoms with Gasteiger partial charge < -0.3 is 9.41 Å². The van der Waals surface area contributed by atoms with E-state index < -0.39 is 7.60 Å². The lowest BCUT2D eigenvalue weighted by Gasteiger charge is -2.12. The standard InChI is InChI=1S/C9H13O4P/c1-3-14(10,11-2)13-12-9-7-5-4-6-8-9/h4-8H,3H2,1-2H3. The smallest absolute Gasteiger partial charge is 0.329 e. The Morgan fingerprint density at radius 3 is 2.43 bits per heavy atom. The van der Waals surface area contributed by atoms with Gasteiger partial charge >= 0.3 is 7.60 Å². The summed E-state index contributed by atoms with van der Waals surface area (Å²) in [5, 5.41) is 0. The summed E-state index contributed by atoms with van der Waals surface area (Å²) < 4.78 is 21.0. The monoisotopic (exact) mass is 216 g/mol. The van der Waals surface area contributed by atoms with E-state index in [0.717, 1.165) is 0 Å². The van der Waals surface area contributed by atoms with E-state index in [4.69, 9.17) is 14.1 Å². The van der Waals surface area contributed by atoms with E-state index in [1.165, 1.54) is 7.11 Å². The number of para-hydroxylation sites is 1. The van der Waals surface area contributed by atoms with Crippen LogP contribution in [0.25, 0.3) is 0 Å². The van der Waals surface area contributed by atoms with Crippen LogP contribution in [-0.4, -0.2) is 13.3 Å². The zero-order chi connectivity index (χ0) is 10.4. The predicted molar refractivity (Wildman–Crippen MR) is 53.3 cm³/mol. The molecule has 0 aliphatic heterocycles. The summed E-state index contributed by atoms with van der Waals surface area (Å²) in [6.45, 7) is 1.71. The van der Waals surface area contributed by atoms with Crippen molar-refractivity contribution in [3.05, 3.63) is 30.3 Å². The molecule has 1 atom stereocenters. The van der Waals surface area contributed by atoms with Crippen molar-refractivity contribution in [2.24, 2.45) is 0 Å². The minimum Gasteiger partial charge on any atom is -0.329 e. The van der Waals surface area contributed by atoms with Crippen molar-refractivity contribution in [3.8, 4) is 5.75 Å². The first-order valence-corrected chi connectivity index (χ1v) is 5.99. The molecule has 0 aromatic heterocycles. The van der Waals surface area contributed by atoms with Gasteiger partial charge in [-0.25, -0.2) is 0 Å². The fraction of sp³-hybridized carbons (Fsp3) is 0.333. The third-order valence-corrected chi connectivity index (χ3v) is 3.29. The van der Waals surface area contributed by atoms with E-state index in [2.05, 4.69) is 0 Å². The molecule has 0 fully saturated rings. The van der Waals surface area contributed by atoms with Crippen molar-refractivity contribution in [2.45, 2.75) is 6.92 Å². The van der Waals surface area contributed by atoms with Gasteiger partial charge in [0.2, 0.25) is 0 Å². The van der Waals surface area contributed by atoms with Crippen LogP contribution in [0, 0.1) is 0 Å². The number of hydrogen-bond acceptors (Lipinski definition) is 4. The van der Waals surface area contributed by atoms with Crippen molar-refractivity contribution in [1.82, 2.24) is 0 Å². The van der Waals surface area contributed by atoms with Gasteiger partial charge in [0.05, 0.1) is 6.16 Å². The molecule has 1 aromatic carbocycles. The molecule has 0 radical (unpaired) electrons. The minimum atomic E-state index is -3.07. The molecule has 1 unspecified atom stereocenters. The second kappa shape index (κ2) is 5.15. The summed E-state index contributed by atoms with van der Waals surface area (Å²) in [5.41, 5.74) is 0. The molecule has 14 heavy (non-hydrogen) atoms. The summed E-state index contributed by atoms with van der Waals surface area (Å²) in [6.07, 6.45) is 0.274. The van der Waals surface area contributed by atoms with Crippen LogP contribution in [0.4, 0.5) is 0 Å². The van der Waals surface area contributed by atoms with Crippen LogP contribution >= 0.6 is 7.60 Å². The average Bonchev–Trinajstić information content (AvgIpc) is 2.27. The van der Waals surface area contributed by atoms with E-state index in [1.54, 1.807) is 31.2 Å². The molecule has 0 amide bonds. The molecular weight excluding hydrogens is 203 g/mol. The summed E-state index contributed by atoms with van der Waals surface area (Å²) in [7, 11) is -1.74. The van der Waals surface area contributed by atoms with E-state index in [1.807, 2.05) is 6.07 Å². The predicted octanol–water partition coefficient (Wildman–Crippen LogP) is 2.86. The Bertz CT molecular complexity index is 304. The van der Waals surface area contributed by atoms with Gasteiger partial charge in [-0.1, -0.05) is 29.8 Å². The molecule has 5 heteroatoms. The lowest BCUT2D eigenvalue weighted by molar-refractivity contribution is -0.110. The number of hydrogen-bond donors (Lipinski definition) is 0. The van der Waals surface area contributed by atoms with Gasteiger partial charge in [-0.15, -0.1) is 0 Å². The maximum Gasteiger partial charge on any atom is 0.368 e. The molecule has 78 valence electrons. The van der Waals surface area contributed by atoms with Crippen molar-refractivity contribution in [1.29, 1.82) is 0 Å². The van der Waals surface area contributed by atoms with Gasteiger partial charge in [-0.3, -0.25) is 4.57 Å². The fourth-order valence-corrected chi connectivity index (χ4v) is 1.41. The molecule has 0 N–H and O–H groups in total. The molecule has 0 saturated heterocycles. The molecular formula is C9H13O4P. The van der Waals surface area contributed by atoms with Crippen molar-refractivity contribution >= 4 is 7.60 Å². The Balaban J connectivity index is 2.52. The SMILES string of the molecule is CCP(=O)(OC)OOc1ccccc1. The molecule has 0 aliphatic carbocycles. The maximum atomic E-state index is 11.6. The van der Waals surface area contributed by atoms with Crippen molar-refractivity contribution < 1.29 is 18.7 Å². The van der Waals surface area contributed by atoms with Crippen LogP contribution in [0.1, 0.15) is 6.92 Å². The van der Waals surface area contributed by atoms with E-state index in [-0.39, 0.29) is 6.16 Å². The number of rotatable bonds is 5.